The average Bonchev–Trinajstić information content (AvgIpc) is 2.60. The third kappa shape index (κ3) is 1.41. The van der Waals surface area contributed by atoms with E-state index in [0.717, 1.165) is 4.57 Å². The van der Waals surface area contributed by atoms with Gasteiger partial charge in [-0.05, 0) is 11.6 Å². The van der Waals surface area contributed by atoms with Crippen LogP contribution >= 0.6 is 34.2 Å². The minimum atomic E-state index is -0.410. The number of fused-ring (bicyclic) bond motifs is 1. The van der Waals surface area contributed by atoms with Gasteiger partial charge in [-0.2, -0.15) is 4.98 Å². The molecule has 16 heavy (non-hydrogen) atoms. The fourth-order valence-corrected chi connectivity index (χ4v) is 2.62. The topological polar surface area (TPSA) is 61.8 Å². The van der Waals surface area contributed by atoms with Gasteiger partial charge in [-0.15, -0.1) is 0 Å². The summed E-state index contributed by atoms with van der Waals surface area (Å²) < 4.78 is 4.42. The van der Waals surface area contributed by atoms with Crippen LogP contribution in [-0.2, 0) is 18.6 Å². The SMILES string of the molecule is Cn1c(=O)c2c(nc(Cl)n2CI)n(C)c1=O. The molecule has 0 N–H and O–H groups in total. The summed E-state index contributed by atoms with van der Waals surface area (Å²) in [6.07, 6.45) is 0. The Kier molecular flexibility index (Phi) is 2.82. The van der Waals surface area contributed by atoms with Crippen LogP contribution in [0.5, 0.6) is 0 Å². The fraction of sp³-hybridized carbons (Fsp3) is 0.375. The van der Waals surface area contributed by atoms with E-state index in [1.165, 1.54) is 11.6 Å². The van der Waals surface area contributed by atoms with Crippen LogP contribution in [0.2, 0.25) is 5.28 Å². The molecule has 0 unspecified atom stereocenters. The molecule has 86 valence electrons. The highest BCUT2D eigenvalue weighted by Gasteiger charge is 2.16. The lowest BCUT2D eigenvalue weighted by atomic mass is 10.5. The second-order valence-corrected chi connectivity index (χ2v) is 4.33. The number of aromatic nitrogens is 4. The van der Waals surface area contributed by atoms with Crippen molar-refractivity contribution in [3.8, 4) is 0 Å². The highest BCUT2D eigenvalue weighted by Crippen LogP contribution is 2.16. The maximum Gasteiger partial charge on any atom is 0.332 e. The fourth-order valence-electron chi connectivity index (χ4n) is 1.53. The number of hydrogen-bond donors (Lipinski definition) is 0. The second kappa shape index (κ2) is 3.88. The standard InChI is InChI=1S/C8H8ClIN4O2/c1-12-5-4(6(15)13(2)8(12)16)14(3-10)7(9)11-5/h3H2,1-2H3. The van der Waals surface area contributed by atoms with Crippen molar-refractivity contribution in [3.05, 3.63) is 26.1 Å². The molecule has 0 spiro atoms. The summed E-state index contributed by atoms with van der Waals surface area (Å²) >= 11 is 7.98. The Morgan fingerprint density at radius 1 is 1.31 bits per heavy atom. The van der Waals surface area contributed by atoms with E-state index in [9.17, 15) is 9.59 Å². The van der Waals surface area contributed by atoms with Crippen LogP contribution in [0.4, 0.5) is 0 Å². The van der Waals surface area contributed by atoms with Gasteiger partial charge in [-0.3, -0.25) is 18.5 Å². The molecule has 2 aromatic rings. The van der Waals surface area contributed by atoms with Gasteiger partial charge in [0.05, 0.1) is 4.55 Å². The zero-order valence-electron chi connectivity index (χ0n) is 8.57. The predicted octanol–water partition coefficient (Wildman–Crippen LogP) is 0.480. The van der Waals surface area contributed by atoms with Gasteiger partial charge in [0.25, 0.3) is 5.56 Å². The quantitative estimate of drug-likeness (QED) is 0.425. The summed E-state index contributed by atoms with van der Waals surface area (Å²) in [6, 6.07) is 0. The van der Waals surface area contributed by atoms with Gasteiger partial charge in [0, 0.05) is 14.1 Å². The molecule has 2 heterocycles. The van der Waals surface area contributed by atoms with E-state index in [2.05, 4.69) is 27.6 Å². The van der Waals surface area contributed by atoms with Crippen LogP contribution in [-0.4, -0.2) is 18.7 Å². The molecule has 8 heteroatoms. The van der Waals surface area contributed by atoms with Crippen molar-refractivity contribution in [2.24, 2.45) is 14.1 Å². The van der Waals surface area contributed by atoms with E-state index >= 15 is 0 Å². The summed E-state index contributed by atoms with van der Waals surface area (Å²) in [7, 11) is 2.99. The Balaban J connectivity index is 3.15. The molecule has 0 atom stereocenters. The molecule has 2 aromatic heterocycles. The Morgan fingerprint density at radius 2 is 1.94 bits per heavy atom. The lowest BCUT2D eigenvalue weighted by molar-refractivity contribution is 0.705. The van der Waals surface area contributed by atoms with Crippen molar-refractivity contribution in [1.29, 1.82) is 0 Å². The molecule has 2 rings (SSSR count). The first-order valence-electron chi connectivity index (χ1n) is 4.36. The normalized spacial score (nSPS) is 11.2. The van der Waals surface area contributed by atoms with Crippen LogP contribution < -0.4 is 11.2 Å². The van der Waals surface area contributed by atoms with Crippen LogP contribution in [0.15, 0.2) is 9.59 Å². The molecular weight excluding hydrogens is 346 g/mol. The molecule has 0 aliphatic heterocycles. The van der Waals surface area contributed by atoms with Crippen LogP contribution in [0.25, 0.3) is 11.2 Å². The molecular formula is C8H8ClIN4O2. The molecule has 0 bridgehead atoms. The molecule has 0 radical (unpaired) electrons. The maximum atomic E-state index is 11.9. The van der Waals surface area contributed by atoms with Crippen molar-refractivity contribution in [3.63, 3.8) is 0 Å². The lowest BCUT2D eigenvalue weighted by Crippen LogP contribution is -2.37. The molecule has 0 saturated carbocycles. The number of aryl methyl sites for hydroxylation is 1. The zero-order valence-corrected chi connectivity index (χ0v) is 11.5. The van der Waals surface area contributed by atoms with Gasteiger partial charge < -0.3 is 0 Å². The van der Waals surface area contributed by atoms with E-state index in [4.69, 9.17) is 11.6 Å². The van der Waals surface area contributed by atoms with Crippen molar-refractivity contribution >= 4 is 45.4 Å². The summed E-state index contributed by atoms with van der Waals surface area (Å²) in [5.74, 6) is 0. The van der Waals surface area contributed by atoms with E-state index in [0.29, 0.717) is 15.7 Å². The first-order chi connectivity index (χ1) is 7.49. The van der Waals surface area contributed by atoms with Crippen molar-refractivity contribution in [2.75, 3.05) is 0 Å². The highest BCUT2D eigenvalue weighted by atomic mass is 127. The maximum absolute atomic E-state index is 11.9. The smallest absolute Gasteiger partial charge is 0.299 e. The largest absolute Gasteiger partial charge is 0.332 e. The number of nitrogens with zero attached hydrogens (tertiary/aromatic N) is 4. The van der Waals surface area contributed by atoms with Gasteiger partial charge >= 0.3 is 5.69 Å². The number of halogens is 2. The minimum Gasteiger partial charge on any atom is -0.299 e. The Hall–Kier alpha value is -0.830. The number of alkyl halides is 1. The first kappa shape index (κ1) is 11.6. The van der Waals surface area contributed by atoms with Crippen LogP contribution in [0, 0.1) is 0 Å². The number of imidazole rings is 1. The molecule has 6 nitrogen and oxygen atoms in total. The Bertz CT molecular complexity index is 684. The van der Waals surface area contributed by atoms with Gasteiger partial charge in [0.15, 0.2) is 11.2 Å². The number of rotatable bonds is 1. The van der Waals surface area contributed by atoms with Crippen molar-refractivity contribution in [2.45, 2.75) is 4.55 Å². The summed E-state index contributed by atoms with van der Waals surface area (Å²) in [4.78, 5) is 27.6. The van der Waals surface area contributed by atoms with Gasteiger partial charge in [0.2, 0.25) is 5.28 Å². The minimum absolute atomic E-state index is 0.211. The third-order valence-corrected chi connectivity index (χ3v) is 3.39. The molecule has 0 fully saturated rings. The summed E-state index contributed by atoms with van der Waals surface area (Å²) in [6.45, 7) is 0. The highest BCUT2D eigenvalue weighted by molar-refractivity contribution is 14.1. The Labute approximate surface area is 109 Å². The van der Waals surface area contributed by atoms with Crippen molar-refractivity contribution < 1.29 is 0 Å². The number of hydrogen-bond acceptors (Lipinski definition) is 3. The van der Waals surface area contributed by atoms with Gasteiger partial charge in [-0.1, -0.05) is 22.6 Å². The zero-order chi connectivity index (χ0) is 12.0. The second-order valence-electron chi connectivity index (χ2n) is 3.31. The van der Waals surface area contributed by atoms with E-state index in [-0.39, 0.29) is 10.8 Å². The molecule has 0 aromatic carbocycles. The van der Waals surface area contributed by atoms with Crippen LogP contribution in [0.1, 0.15) is 0 Å². The third-order valence-electron chi connectivity index (χ3n) is 2.42. The summed E-state index contributed by atoms with van der Waals surface area (Å²) in [5.41, 5.74) is -0.125. The summed E-state index contributed by atoms with van der Waals surface area (Å²) in [5, 5.41) is 0.211. The van der Waals surface area contributed by atoms with E-state index < -0.39 is 5.69 Å². The van der Waals surface area contributed by atoms with Crippen molar-refractivity contribution in [1.82, 2.24) is 18.7 Å². The molecule has 0 aliphatic rings. The van der Waals surface area contributed by atoms with E-state index in [1.54, 1.807) is 11.6 Å². The van der Waals surface area contributed by atoms with Gasteiger partial charge in [0.1, 0.15) is 0 Å². The van der Waals surface area contributed by atoms with E-state index in [1.807, 2.05) is 0 Å². The molecule has 0 amide bonds. The molecule has 0 saturated heterocycles. The monoisotopic (exact) mass is 354 g/mol. The molecule has 0 aliphatic carbocycles. The average molecular weight is 355 g/mol. The lowest BCUT2D eigenvalue weighted by Gasteiger charge is -2.03. The first-order valence-corrected chi connectivity index (χ1v) is 6.27. The predicted molar refractivity (Wildman–Crippen MR) is 69.2 cm³/mol. The van der Waals surface area contributed by atoms with Crippen LogP contribution in [0.3, 0.4) is 0 Å². The van der Waals surface area contributed by atoms with Gasteiger partial charge in [-0.25, -0.2) is 4.79 Å². The Morgan fingerprint density at radius 3 is 2.50 bits per heavy atom.